The molecule has 1 atom stereocenters. The molecule has 0 aromatic heterocycles. The second-order valence-electron chi connectivity index (χ2n) is 4.19. The first-order valence-corrected chi connectivity index (χ1v) is 6.00. The molecule has 5 heteroatoms. The average Bonchev–Trinajstić information content (AvgIpc) is 2.32. The van der Waals surface area contributed by atoms with E-state index in [0.717, 1.165) is 32.6 Å². The number of piperazine rings is 1. The number of aliphatic hydroxyl groups excluding tert-OH is 1. The van der Waals surface area contributed by atoms with Crippen molar-refractivity contribution >= 4 is 5.91 Å². The fourth-order valence-corrected chi connectivity index (χ4v) is 2.10. The third-order valence-electron chi connectivity index (χ3n) is 3.19. The van der Waals surface area contributed by atoms with Gasteiger partial charge >= 0.3 is 0 Å². The molecule has 1 heterocycles. The second-order valence-corrected chi connectivity index (χ2v) is 4.19. The van der Waals surface area contributed by atoms with Crippen molar-refractivity contribution in [2.24, 2.45) is 0 Å². The van der Waals surface area contributed by atoms with Crippen LogP contribution in [0.4, 0.5) is 0 Å². The summed E-state index contributed by atoms with van der Waals surface area (Å²) >= 11 is 0. The van der Waals surface area contributed by atoms with E-state index in [9.17, 15) is 9.90 Å². The number of likely N-dealkylation sites (N-methyl/N-ethyl adjacent to an activating group) is 1. The molecule has 0 aromatic rings. The van der Waals surface area contributed by atoms with Crippen LogP contribution in [-0.2, 0) is 4.79 Å². The molecule has 5 nitrogen and oxygen atoms in total. The fraction of sp³-hybridized carbons (Fsp3) is 0.909. The number of rotatable bonds is 5. The Morgan fingerprint density at radius 2 is 2.00 bits per heavy atom. The molecule has 1 aliphatic rings. The minimum absolute atomic E-state index is 0.166. The highest BCUT2D eigenvalue weighted by Crippen LogP contribution is 2.08. The van der Waals surface area contributed by atoms with Gasteiger partial charge in [0.05, 0.1) is 13.2 Å². The molecular weight excluding hydrogens is 206 g/mol. The van der Waals surface area contributed by atoms with Crippen molar-refractivity contribution < 1.29 is 9.90 Å². The summed E-state index contributed by atoms with van der Waals surface area (Å²) in [7, 11) is 1.78. The Hall–Kier alpha value is -0.650. The van der Waals surface area contributed by atoms with Crippen molar-refractivity contribution in [3.8, 4) is 0 Å². The lowest BCUT2D eigenvalue weighted by Crippen LogP contribution is -2.53. The number of nitrogens with one attached hydrogen (secondary N) is 1. The predicted molar refractivity (Wildman–Crippen MR) is 63.2 cm³/mol. The molecule has 0 saturated carbocycles. The maximum atomic E-state index is 11.6. The number of amides is 1. The van der Waals surface area contributed by atoms with Gasteiger partial charge in [0.25, 0.3) is 0 Å². The number of hydrogen-bond donors (Lipinski definition) is 2. The van der Waals surface area contributed by atoms with Crippen molar-refractivity contribution in [1.29, 1.82) is 0 Å². The molecule has 0 aromatic carbocycles. The molecule has 94 valence electrons. The number of aliphatic hydroxyl groups is 1. The highest BCUT2D eigenvalue weighted by atomic mass is 16.3. The van der Waals surface area contributed by atoms with Gasteiger partial charge in [-0.1, -0.05) is 6.92 Å². The average molecular weight is 229 g/mol. The largest absolute Gasteiger partial charge is 0.395 e. The molecule has 1 fully saturated rings. The van der Waals surface area contributed by atoms with E-state index in [0.29, 0.717) is 6.54 Å². The van der Waals surface area contributed by atoms with Crippen LogP contribution in [0, 0.1) is 0 Å². The van der Waals surface area contributed by atoms with E-state index in [4.69, 9.17) is 0 Å². The summed E-state index contributed by atoms with van der Waals surface area (Å²) in [4.78, 5) is 15.8. The summed E-state index contributed by atoms with van der Waals surface area (Å²) in [6.45, 7) is 5.99. The van der Waals surface area contributed by atoms with Gasteiger partial charge in [-0.15, -0.1) is 0 Å². The van der Waals surface area contributed by atoms with E-state index >= 15 is 0 Å². The first kappa shape index (κ1) is 13.4. The molecule has 2 N–H and O–H groups in total. The number of carbonyl (C=O) groups is 1. The maximum Gasteiger partial charge on any atom is 0.236 e. The van der Waals surface area contributed by atoms with Crippen LogP contribution in [0.2, 0.25) is 0 Å². The van der Waals surface area contributed by atoms with Crippen LogP contribution in [-0.4, -0.2) is 73.2 Å². The molecule has 0 aliphatic carbocycles. The van der Waals surface area contributed by atoms with Gasteiger partial charge in [-0.2, -0.15) is 0 Å². The Labute approximate surface area is 97.4 Å². The minimum Gasteiger partial charge on any atom is -0.395 e. The molecule has 0 spiro atoms. The van der Waals surface area contributed by atoms with Gasteiger partial charge in [0.2, 0.25) is 5.91 Å². The predicted octanol–water partition coefficient (Wildman–Crippen LogP) is -0.879. The highest BCUT2D eigenvalue weighted by Gasteiger charge is 2.24. The summed E-state index contributed by atoms with van der Waals surface area (Å²) < 4.78 is 0. The quantitative estimate of drug-likeness (QED) is 0.643. The minimum atomic E-state index is 0.166. The molecule has 1 amide bonds. The van der Waals surface area contributed by atoms with E-state index in [1.54, 1.807) is 7.05 Å². The number of hydrogen-bond acceptors (Lipinski definition) is 4. The van der Waals surface area contributed by atoms with Crippen LogP contribution in [0.15, 0.2) is 0 Å². The molecule has 0 radical (unpaired) electrons. The Kier molecular flexibility index (Phi) is 5.73. The van der Waals surface area contributed by atoms with E-state index in [2.05, 4.69) is 17.1 Å². The molecule has 1 aliphatic heterocycles. The molecule has 1 unspecified atom stereocenters. The van der Waals surface area contributed by atoms with Gasteiger partial charge < -0.3 is 15.3 Å². The van der Waals surface area contributed by atoms with Crippen molar-refractivity contribution in [2.75, 3.05) is 46.4 Å². The van der Waals surface area contributed by atoms with Crippen LogP contribution in [0.3, 0.4) is 0 Å². The van der Waals surface area contributed by atoms with Crippen molar-refractivity contribution in [2.45, 2.75) is 19.4 Å². The number of carbonyl (C=O) groups excluding carboxylic acids is 1. The lowest BCUT2D eigenvalue weighted by molar-refractivity contribution is -0.132. The Morgan fingerprint density at radius 1 is 1.38 bits per heavy atom. The van der Waals surface area contributed by atoms with Crippen molar-refractivity contribution in [3.05, 3.63) is 0 Å². The van der Waals surface area contributed by atoms with E-state index in [1.165, 1.54) is 0 Å². The van der Waals surface area contributed by atoms with E-state index < -0.39 is 0 Å². The van der Waals surface area contributed by atoms with Crippen LogP contribution < -0.4 is 5.32 Å². The zero-order valence-corrected chi connectivity index (χ0v) is 10.3. The van der Waals surface area contributed by atoms with E-state index in [1.807, 2.05) is 4.90 Å². The SMILES string of the molecule is CCC(CO)N1CCN(C(=O)CNC)CC1. The third kappa shape index (κ3) is 3.43. The lowest BCUT2D eigenvalue weighted by Gasteiger charge is -2.38. The Bertz CT molecular complexity index is 211. The van der Waals surface area contributed by atoms with Crippen molar-refractivity contribution in [3.63, 3.8) is 0 Å². The summed E-state index contributed by atoms with van der Waals surface area (Å²) in [6.07, 6.45) is 0.959. The van der Waals surface area contributed by atoms with E-state index in [-0.39, 0.29) is 18.6 Å². The van der Waals surface area contributed by atoms with Crippen LogP contribution in [0.1, 0.15) is 13.3 Å². The molecular formula is C11H23N3O2. The summed E-state index contributed by atoms with van der Waals surface area (Å²) in [5.74, 6) is 0.166. The first-order chi connectivity index (χ1) is 7.72. The topological polar surface area (TPSA) is 55.8 Å². The van der Waals surface area contributed by atoms with Crippen molar-refractivity contribution in [1.82, 2.24) is 15.1 Å². The lowest BCUT2D eigenvalue weighted by atomic mass is 10.1. The normalized spacial score (nSPS) is 19.8. The van der Waals surface area contributed by atoms with Gasteiger partial charge in [0, 0.05) is 32.2 Å². The van der Waals surface area contributed by atoms with Crippen LogP contribution in [0.25, 0.3) is 0 Å². The molecule has 1 saturated heterocycles. The van der Waals surface area contributed by atoms with Gasteiger partial charge in [-0.05, 0) is 13.5 Å². The molecule has 16 heavy (non-hydrogen) atoms. The standard InChI is InChI=1S/C11H23N3O2/c1-3-10(9-15)13-4-6-14(7-5-13)11(16)8-12-2/h10,12,15H,3-9H2,1-2H3. The fourth-order valence-electron chi connectivity index (χ4n) is 2.10. The summed E-state index contributed by atoms with van der Waals surface area (Å²) in [5, 5.41) is 12.1. The van der Waals surface area contributed by atoms with Gasteiger partial charge in [-0.3, -0.25) is 9.69 Å². The zero-order valence-electron chi connectivity index (χ0n) is 10.3. The molecule has 1 rings (SSSR count). The van der Waals surface area contributed by atoms with Crippen LogP contribution in [0.5, 0.6) is 0 Å². The van der Waals surface area contributed by atoms with Gasteiger partial charge in [-0.25, -0.2) is 0 Å². The second kappa shape index (κ2) is 6.83. The summed E-state index contributed by atoms with van der Waals surface area (Å²) in [6, 6.07) is 0.251. The number of nitrogens with zero attached hydrogens (tertiary/aromatic N) is 2. The summed E-state index contributed by atoms with van der Waals surface area (Å²) in [5.41, 5.74) is 0. The Balaban J connectivity index is 2.35. The zero-order chi connectivity index (χ0) is 12.0. The third-order valence-corrected chi connectivity index (χ3v) is 3.19. The highest BCUT2D eigenvalue weighted by molar-refractivity contribution is 5.78. The maximum absolute atomic E-state index is 11.6. The Morgan fingerprint density at radius 3 is 2.44 bits per heavy atom. The first-order valence-electron chi connectivity index (χ1n) is 6.00. The monoisotopic (exact) mass is 229 g/mol. The van der Waals surface area contributed by atoms with Gasteiger partial charge in [0.15, 0.2) is 0 Å². The molecule has 0 bridgehead atoms. The smallest absolute Gasteiger partial charge is 0.236 e. The van der Waals surface area contributed by atoms with Gasteiger partial charge in [0.1, 0.15) is 0 Å². The van der Waals surface area contributed by atoms with Crippen LogP contribution >= 0.6 is 0 Å².